The summed E-state index contributed by atoms with van der Waals surface area (Å²) in [6.07, 6.45) is 6.40. The van der Waals surface area contributed by atoms with Crippen LogP contribution in [0.25, 0.3) is 0 Å². The van der Waals surface area contributed by atoms with E-state index >= 15 is 0 Å². The van der Waals surface area contributed by atoms with Gasteiger partial charge in [-0.15, -0.1) is 0 Å². The van der Waals surface area contributed by atoms with E-state index in [4.69, 9.17) is 4.74 Å². The summed E-state index contributed by atoms with van der Waals surface area (Å²) in [5.74, 6) is 0.969. The highest BCUT2D eigenvalue weighted by Crippen LogP contribution is 2.33. The Morgan fingerprint density at radius 2 is 2.19 bits per heavy atom. The van der Waals surface area contributed by atoms with Gasteiger partial charge in [-0.05, 0) is 31.2 Å². The maximum atomic E-state index is 6.04. The van der Waals surface area contributed by atoms with Crippen LogP contribution in [0.2, 0.25) is 0 Å². The molecule has 2 aliphatic heterocycles. The highest BCUT2D eigenvalue weighted by Gasteiger charge is 2.39. The first-order valence-electron chi connectivity index (χ1n) is 8.34. The van der Waals surface area contributed by atoms with E-state index in [1.807, 2.05) is 17.9 Å². The summed E-state index contributed by atoms with van der Waals surface area (Å²) in [6, 6.07) is 2.73. The molecule has 0 spiro atoms. The number of aryl methyl sites for hydroxylation is 1. The number of hydrogen-bond donors (Lipinski definition) is 0. The van der Waals surface area contributed by atoms with Crippen molar-refractivity contribution in [1.82, 2.24) is 19.6 Å². The first-order valence-corrected chi connectivity index (χ1v) is 8.34. The van der Waals surface area contributed by atoms with Gasteiger partial charge < -0.3 is 4.74 Å². The molecule has 5 nitrogen and oxygen atoms in total. The van der Waals surface area contributed by atoms with Crippen molar-refractivity contribution in [3.8, 4) is 0 Å². The second-order valence-electron chi connectivity index (χ2n) is 6.88. The molecule has 2 atom stereocenters. The molecule has 1 saturated carbocycles. The third-order valence-corrected chi connectivity index (χ3v) is 5.28. The summed E-state index contributed by atoms with van der Waals surface area (Å²) < 4.78 is 8.03. The van der Waals surface area contributed by atoms with Gasteiger partial charge in [0.15, 0.2) is 0 Å². The predicted octanol–water partition coefficient (Wildman–Crippen LogP) is 1.11. The van der Waals surface area contributed by atoms with Crippen LogP contribution in [0, 0.1) is 5.92 Å². The Morgan fingerprint density at radius 3 is 2.95 bits per heavy atom. The van der Waals surface area contributed by atoms with Crippen molar-refractivity contribution in [2.45, 2.75) is 38.0 Å². The second kappa shape index (κ2) is 5.71. The van der Waals surface area contributed by atoms with Crippen LogP contribution in [0.15, 0.2) is 12.3 Å². The van der Waals surface area contributed by atoms with E-state index in [9.17, 15) is 0 Å². The molecule has 1 aromatic heterocycles. The largest absolute Gasteiger partial charge is 0.375 e. The van der Waals surface area contributed by atoms with Gasteiger partial charge >= 0.3 is 0 Å². The molecule has 4 rings (SSSR count). The molecule has 5 heteroatoms. The smallest absolute Gasteiger partial charge is 0.0755 e. The maximum absolute atomic E-state index is 6.04. The van der Waals surface area contributed by atoms with Gasteiger partial charge in [-0.1, -0.05) is 0 Å². The molecule has 0 radical (unpaired) electrons. The van der Waals surface area contributed by atoms with Crippen LogP contribution >= 0.6 is 0 Å². The summed E-state index contributed by atoms with van der Waals surface area (Å²) in [5.41, 5.74) is 1.30. The molecule has 3 fully saturated rings. The quantitative estimate of drug-likeness (QED) is 0.832. The van der Waals surface area contributed by atoms with E-state index in [1.165, 1.54) is 31.5 Å². The fourth-order valence-electron chi connectivity index (χ4n) is 3.80. The van der Waals surface area contributed by atoms with Gasteiger partial charge in [0.2, 0.25) is 0 Å². The average Bonchev–Trinajstić information content (AvgIpc) is 3.22. The van der Waals surface area contributed by atoms with Crippen molar-refractivity contribution in [3.05, 3.63) is 18.0 Å². The molecule has 3 heterocycles. The summed E-state index contributed by atoms with van der Waals surface area (Å²) in [7, 11) is 2.03. The normalized spacial score (nSPS) is 31.3. The van der Waals surface area contributed by atoms with Crippen LogP contribution in [0.5, 0.6) is 0 Å². The number of likely N-dealkylation sites (tertiary alicyclic amines) is 1. The Bertz CT molecular complexity index is 484. The number of rotatable bonds is 4. The molecule has 1 aliphatic carbocycles. The molecule has 0 N–H and O–H groups in total. The Kier molecular flexibility index (Phi) is 3.73. The lowest BCUT2D eigenvalue weighted by molar-refractivity contribution is -0.105. The minimum atomic E-state index is 0.459. The van der Waals surface area contributed by atoms with Crippen molar-refractivity contribution in [2.75, 3.05) is 32.8 Å². The molecule has 0 bridgehead atoms. The number of ether oxygens (including phenoxy) is 1. The molecule has 0 amide bonds. The molecule has 2 saturated heterocycles. The Labute approximate surface area is 126 Å². The van der Waals surface area contributed by atoms with Crippen LogP contribution < -0.4 is 0 Å². The molecular formula is C16H26N4O. The van der Waals surface area contributed by atoms with E-state index < -0.39 is 0 Å². The van der Waals surface area contributed by atoms with Gasteiger partial charge in [0.05, 0.1) is 18.4 Å². The fraction of sp³-hybridized carbons (Fsp3) is 0.812. The zero-order valence-electron chi connectivity index (χ0n) is 12.9. The lowest BCUT2D eigenvalue weighted by Gasteiger charge is -2.47. The summed E-state index contributed by atoms with van der Waals surface area (Å²) in [6.45, 7) is 6.64. The standard InChI is InChI=1S/C16H26N4O/c1-18-14(4-6-17-18)11-19-7-5-16-15(12-19)20(8-9-21-16)10-13-2-3-13/h4,6,13,15-16H,2-3,5,7-12H2,1H3/t15-,16-/m1/s1. The molecular weight excluding hydrogens is 264 g/mol. The van der Waals surface area contributed by atoms with Crippen LogP contribution in [0.1, 0.15) is 25.0 Å². The zero-order valence-corrected chi connectivity index (χ0v) is 12.9. The van der Waals surface area contributed by atoms with Crippen LogP contribution in [-0.4, -0.2) is 64.5 Å². The highest BCUT2D eigenvalue weighted by molar-refractivity contribution is 5.01. The minimum absolute atomic E-state index is 0.459. The SMILES string of the molecule is Cn1nccc1CN1CC[C@H]2OCCN(CC3CC3)[C@@H]2C1. The number of morpholine rings is 1. The number of fused-ring (bicyclic) bond motifs is 1. The maximum Gasteiger partial charge on any atom is 0.0755 e. The molecule has 3 aliphatic rings. The molecule has 1 aromatic rings. The van der Waals surface area contributed by atoms with Crippen molar-refractivity contribution < 1.29 is 4.74 Å². The van der Waals surface area contributed by atoms with Gasteiger partial charge in [0, 0.05) is 52.0 Å². The molecule has 0 aromatic carbocycles. The van der Waals surface area contributed by atoms with Crippen molar-refractivity contribution in [3.63, 3.8) is 0 Å². The summed E-state index contributed by atoms with van der Waals surface area (Å²) in [5, 5.41) is 4.28. The van der Waals surface area contributed by atoms with Gasteiger partial charge in [0.25, 0.3) is 0 Å². The predicted molar refractivity (Wildman–Crippen MR) is 80.9 cm³/mol. The van der Waals surface area contributed by atoms with Gasteiger partial charge in [-0.3, -0.25) is 14.5 Å². The van der Waals surface area contributed by atoms with Crippen LogP contribution in [0.4, 0.5) is 0 Å². The second-order valence-corrected chi connectivity index (χ2v) is 6.88. The van der Waals surface area contributed by atoms with E-state index in [0.29, 0.717) is 12.1 Å². The summed E-state index contributed by atoms with van der Waals surface area (Å²) >= 11 is 0. The van der Waals surface area contributed by atoms with E-state index in [-0.39, 0.29) is 0 Å². The molecule has 21 heavy (non-hydrogen) atoms. The van der Waals surface area contributed by atoms with Crippen molar-refractivity contribution in [1.29, 1.82) is 0 Å². The van der Waals surface area contributed by atoms with E-state index in [1.54, 1.807) is 0 Å². The van der Waals surface area contributed by atoms with Crippen LogP contribution in [-0.2, 0) is 18.3 Å². The first-order chi connectivity index (χ1) is 10.3. The van der Waals surface area contributed by atoms with Crippen molar-refractivity contribution >= 4 is 0 Å². The number of nitrogens with zero attached hydrogens (tertiary/aromatic N) is 4. The third kappa shape index (κ3) is 3.00. The number of piperidine rings is 1. The Hall–Kier alpha value is -0.910. The van der Waals surface area contributed by atoms with Gasteiger partial charge in [-0.25, -0.2) is 0 Å². The monoisotopic (exact) mass is 290 g/mol. The Balaban J connectivity index is 1.41. The lowest BCUT2D eigenvalue weighted by atomic mass is 9.98. The van der Waals surface area contributed by atoms with Gasteiger partial charge in [-0.2, -0.15) is 5.10 Å². The molecule has 116 valence electrons. The van der Waals surface area contributed by atoms with E-state index in [2.05, 4.69) is 21.0 Å². The average molecular weight is 290 g/mol. The highest BCUT2D eigenvalue weighted by atomic mass is 16.5. The number of hydrogen-bond acceptors (Lipinski definition) is 4. The van der Waals surface area contributed by atoms with E-state index in [0.717, 1.165) is 38.7 Å². The fourth-order valence-corrected chi connectivity index (χ4v) is 3.80. The zero-order chi connectivity index (χ0) is 14.2. The minimum Gasteiger partial charge on any atom is -0.375 e. The van der Waals surface area contributed by atoms with Crippen molar-refractivity contribution in [2.24, 2.45) is 13.0 Å². The number of aromatic nitrogens is 2. The van der Waals surface area contributed by atoms with Gasteiger partial charge in [0.1, 0.15) is 0 Å². The van der Waals surface area contributed by atoms with Crippen LogP contribution in [0.3, 0.4) is 0 Å². The molecule has 0 unspecified atom stereocenters. The third-order valence-electron chi connectivity index (χ3n) is 5.28. The Morgan fingerprint density at radius 1 is 1.29 bits per heavy atom. The first kappa shape index (κ1) is 13.7. The lowest BCUT2D eigenvalue weighted by Crippen LogP contribution is -2.60. The topological polar surface area (TPSA) is 33.5 Å². The summed E-state index contributed by atoms with van der Waals surface area (Å²) in [4.78, 5) is 5.29.